The van der Waals surface area contributed by atoms with E-state index in [9.17, 15) is 27.6 Å². The van der Waals surface area contributed by atoms with Crippen LogP contribution in [0.15, 0.2) is 0 Å². The summed E-state index contributed by atoms with van der Waals surface area (Å²) in [7, 11) is -3.91. The van der Waals surface area contributed by atoms with Crippen molar-refractivity contribution in [3.8, 4) is 0 Å². The third-order valence-corrected chi connectivity index (χ3v) is 3.79. The third-order valence-electron chi connectivity index (χ3n) is 3.23. The Morgan fingerprint density at radius 3 is 1.61 bits per heavy atom. The SMILES string of the molecule is CC(=O)OC1O[C@H](COS(C)(=O)=O)[C@@H](OC(C)=O)[C@H](OC(C)=O)[C@H]1OC(C)=O. The summed E-state index contributed by atoms with van der Waals surface area (Å²) in [6.07, 6.45) is -6.49. The van der Waals surface area contributed by atoms with E-state index >= 15 is 0 Å². The van der Waals surface area contributed by atoms with Gasteiger partial charge >= 0.3 is 23.9 Å². The van der Waals surface area contributed by atoms with E-state index in [1.54, 1.807) is 0 Å². The molecule has 0 saturated carbocycles. The molecule has 0 aromatic heterocycles. The molecule has 12 nitrogen and oxygen atoms in total. The molecule has 0 bridgehead atoms. The lowest BCUT2D eigenvalue weighted by atomic mass is 9.98. The maximum absolute atomic E-state index is 11.5. The first-order chi connectivity index (χ1) is 12.8. The zero-order valence-corrected chi connectivity index (χ0v) is 16.7. The number of hydrogen-bond acceptors (Lipinski definition) is 12. The molecule has 0 N–H and O–H groups in total. The number of carbonyl (C=O) groups excluding carboxylic acids is 4. The van der Waals surface area contributed by atoms with Crippen LogP contribution in [0.5, 0.6) is 0 Å². The molecule has 0 aliphatic carbocycles. The van der Waals surface area contributed by atoms with Crippen molar-refractivity contribution in [2.45, 2.75) is 58.4 Å². The average Bonchev–Trinajstić information content (AvgIpc) is 2.48. The molecule has 1 unspecified atom stereocenters. The van der Waals surface area contributed by atoms with Crippen molar-refractivity contribution in [3.63, 3.8) is 0 Å². The highest BCUT2D eigenvalue weighted by molar-refractivity contribution is 7.85. The van der Waals surface area contributed by atoms with Gasteiger partial charge in [-0.15, -0.1) is 0 Å². The van der Waals surface area contributed by atoms with Crippen LogP contribution in [0, 0.1) is 0 Å². The fourth-order valence-electron chi connectivity index (χ4n) is 2.44. The van der Waals surface area contributed by atoms with Gasteiger partial charge in [0.05, 0.1) is 12.9 Å². The van der Waals surface area contributed by atoms with Crippen LogP contribution >= 0.6 is 0 Å². The first-order valence-electron chi connectivity index (χ1n) is 7.99. The van der Waals surface area contributed by atoms with E-state index in [2.05, 4.69) is 4.18 Å². The third kappa shape index (κ3) is 7.78. The molecule has 1 rings (SSSR count). The van der Waals surface area contributed by atoms with Gasteiger partial charge in [-0.05, 0) is 0 Å². The molecule has 1 fully saturated rings. The first-order valence-corrected chi connectivity index (χ1v) is 9.80. The summed E-state index contributed by atoms with van der Waals surface area (Å²) < 4.78 is 53.0. The molecule has 1 aliphatic rings. The quantitative estimate of drug-likeness (QED) is 0.279. The van der Waals surface area contributed by atoms with Gasteiger partial charge in [0.2, 0.25) is 12.4 Å². The van der Waals surface area contributed by atoms with Crippen molar-refractivity contribution < 1.29 is 55.5 Å². The van der Waals surface area contributed by atoms with E-state index in [-0.39, 0.29) is 0 Å². The predicted molar refractivity (Wildman–Crippen MR) is 87.9 cm³/mol. The molecule has 1 aliphatic heterocycles. The Bertz CT molecular complexity index is 715. The highest BCUT2D eigenvalue weighted by atomic mass is 32.2. The first kappa shape index (κ1) is 23.8. The van der Waals surface area contributed by atoms with Crippen molar-refractivity contribution >= 4 is 34.0 Å². The standard InChI is InChI=1S/C15H22O12S/c1-7(16)23-12-11(6-22-28(5,20)21)27-15(26-10(4)19)14(25-9(3)18)13(12)24-8(2)17/h11-15H,6H2,1-5H3/t11-,12-,13+,14-,15?/m1/s1. The van der Waals surface area contributed by atoms with Gasteiger partial charge in [0.15, 0.2) is 12.2 Å². The normalized spacial score (nSPS) is 27.4. The van der Waals surface area contributed by atoms with E-state index in [1.807, 2.05) is 0 Å². The van der Waals surface area contributed by atoms with Gasteiger partial charge in [0, 0.05) is 27.7 Å². The number of rotatable bonds is 7. The highest BCUT2D eigenvalue weighted by Crippen LogP contribution is 2.30. The molecule has 0 aromatic carbocycles. The number of carbonyl (C=O) groups is 4. The summed E-state index contributed by atoms with van der Waals surface area (Å²) in [5.74, 6) is -3.29. The van der Waals surface area contributed by atoms with Crippen LogP contribution in [0.1, 0.15) is 27.7 Å². The Hall–Kier alpha value is -2.25. The Balaban J connectivity index is 3.33. The van der Waals surface area contributed by atoms with E-state index in [1.165, 1.54) is 0 Å². The fraction of sp³-hybridized carbons (Fsp3) is 0.733. The summed E-state index contributed by atoms with van der Waals surface area (Å²) in [4.78, 5) is 45.9. The molecule has 13 heteroatoms. The minimum absolute atomic E-state index is 0.654. The van der Waals surface area contributed by atoms with Crippen LogP contribution in [-0.2, 0) is 57.2 Å². The van der Waals surface area contributed by atoms with Crippen molar-refractivity contribution in [2.75, 3.05) is 12.9 Å². The van der Waals surface area contributed by atoms with Crippen molar-refractivity contribution in [1.29, 1.82) is 0 Å². The maximum atomic E-state index is 11.5. The lowest BCUT2D eigenvalue weighted by Gasteiger charge is -2.43. The van der Waals surface area contributed by atoms with Gasteiger partial charge in [-0.25, -0.2) is 0 Å². The topological polar surface area (TPSA) is 158 Å². The minimum atomic E-state index is -3.91. The van der Waals surface area contributed by atoms with E-state index < -0.39 is 71.3 Å². The second-order valence-corrected chi connectivity index (χ2v) is 7.51. The predicted octanol–water partition coefficient (Wildman–Crippen LogP) is -0.954. The zero-order chi connectivity index (χ0) is 21.6. The van der Waals surface area contributed by atoms with Crippen LogP contribution in [0.4, 0.5) is 0 Å². The Labute approximate surface area is 161 Å². The molecular formula is C15H22O12S. The molecule has 0 amide bonds. The molecule has 1 heterocycles. The average molecular weight is 426 g/mol. The monoisotopic (exact) mass is 426 g/mol. The largest absolute Gasteiger partial charge is 0.456 e. The van der Waals surface area contributed by atoms with Crippen LogP contribution < -0.4 is 0 Å². The zero-order valence-electron chi connectivity index (χ0n) is 15.9. The van der Waals surface area contributed by atoms with Gasteiger partial charge < -0.3 is 23.7 Å². The van der Waals surface area contributed by atoms with E-state index in [4.69, 9.17) is 23.7 Å². The van der Waals surface area contributed by atoms with Gasteiger partial charge in [0.1, 0.15) is 6.10 Å². The Morgan fingerprint density at radius 2 is 1.18 bits per heavy atom. The molecule has 1 saturated heterocycles. The molecule has 160 valence electrons. The Morgan fingerprint density at radius 1 is 0.750 bits per heavy atom. The van der Waals surface area contributed by atoms with E-state index in [0.717, 1.165) is 34.0 Å². The maximum Gasteiger partial charge on any atom is 0.305 e. The smallest absolute Gasteiger partial charge is 0.305 e. The summed E-state index contributed by atoms with van der Waals surface area (Å²) in [5.41, 5.74) is 0. The molecule has 0 spiro atoms. The fourth-order valence-corrected chi connectivity index (χ4v) is 2.82. The summed E-state index contributed by atoms with van der Waals surface area (Å²) in [6.45, 7) is 3.55. The minimum Gasteiger partial charge on any atom is -0.456 e. The van der Waals surface area contributed by atoms with Crippen LogP contribution in [0.25, 0.3) is 0 Å². The van der Waals surface area contributed by atoms with Crippen LogP contribution in [0.2, 0.25) is 0 Å². The van der Waals surface area contributed by atoms with E-state index in [0.29, 0.717) is 0 Å². The Kier molecular flexibility index (Phi) is 8.32. The van der Waals surface area contributed by atoms with Gasteiger partial charge in [-0.1, -0.05) is 0 Å². The van der Waals surface area contributed by atoms with Gasteiger partial charge in [-0.2, -0.15) is 8.42 Å². The number of esters is 4. The molecule has 0 aromatic rings. The second-order valence-electron chi connectivity index (χ2n) is 5.86. The second kappa shape index (κ2) is 9.80. The van der Waals surface area contributed by atoms with Crippen LogP contribution in [0.3, 0.4) is 0 Å². The van der Waals surface area contributed by atoms with Crippen molar-refractivity contribution in [3.05, 3.63) is 0 Å². The summed E-state index contributed by atoms with van der Waals surface area (Å²) >= 11 is 0. The molecule has 28 heavy (non-hydrogen) atoms. The molecule has 0 radical (unpaired) electrons. The number of ether oxygens (including phenoxy) is 5. The van der Waals surface area contributed by atoms with Gasteiger partial charge in [-0.3, -0.25) is 23.4 Å². The van der Waals surface area contributed by atoms with Crippen molar-refractivity contribution in [2.24, 2.45) is 0 Å². The number of hydrogen-bond donors (Lipinski definition) is 0. The molecule has 5 atom stereocenters. The lowest BCUT2D eigenvalue weighted by Crippen LogP contribution is -2.63. The van der Waals surface area contributed by atoms with Gasteiger partial charge in [0.25, 0.3) is 10.1 Å². The van der Waals surface area contributed by atoms with Crippen molar-refractivity contribution in [1.82, 2.24) is 0 Å². The van der Waals surface area contributed by atoms with Crippen LogP contribution in [-0.4, -0.2) is 75.9 Å². The summed E-state index contributed by atoms with van der Waals surface area (Å²) in [5, 5.41) is 0. The summed E-state index contributed by atoms with van der Waals surface area (Å²) in [6, 6.07) is 0. The highest BCUT2D eigenvalue weighted by Gasteiger charge is 2.53. The lowest BCUT2D eigenvalue weighted by molar-refractivity contribution is -0.298. The molecular weight excluding hydrogens is 404 g/mol.